The van der Waals surface area contributed by atoms with Crippen molar-refractivity contribution >= 4 is 15.9 Å². The Kier molecular flexibility index (Phi) is 5.25. The lowest BCUT2D eigenvalue weighted by Gasteiger charge is -2.28. The molecule has 0 radical (unpaired) electrons. The van der Waals surface area contributed by atoms with Crippen molar-refractivity contribution in [3.8, 4) is 0 Å². The van der Waals surface area contributed by atoms with Crippen LogP contribution in [0.5, 0.6) is 0 Å². The number of nitrogens with zero attached hydrogens (tertiary/aromatic N) is 2. The van der Waals surface area contributed by atoms with Gasteiger partial charge in [-0.25, -0.2) is 8.42 Å². The van der Waals surface area contributed by atoms with E-state index in [1.54, 1.807) is 24.3 Å². The molecule has 0 unspecified atom stereocenters. The highest BCUT2D eigenvalue weighted by Gasteiger charge is 2.29. The Bertz CT molecular complexity index is 690. The third-order valence-corrected chi connectivity index (χ3v) is 7.05. The number of amides is 1. The second-order valence-corrected chi connectivity index (χ2v) is 8.61. The molecule has 0 aromatic heterocycles. The Morgan fingerprint density at radius 3 is 2.46 bits per heavy atom. The van der Waals surface area contributed by atoms with Gasteiger partial charge in [-0.3, -0.25) is 4.79 Å². The van der Waals surface area contributed by atoms with Crippen LogP contribution in [0, 0.1) is 0 Å². The second-order valence-electron chi connectivity index (χ2n) is 6.67. The third-order valence-electron chi connectivity index (χ3n) is 5.15. The molecule has 3 rings (SSSR count). The Morgan fingerprint density at radius 1 is 1.17 bits per heavy atom. The lowest BCUT2D eigenvalue weighted by atomic mass is 10.1. The smallest absolute Gasteiger partial charge is 0.254 e. The van der Waals surface area contributed by atoms with Gasteiger partial charge in [0.2, 0.25) is 10.0 Å². The van der Waals surface area contributed by atoms with Crippen molar-refractivity contribution in [3.63, 3.8) is 0 Å². The number of sulfonamides is 1. The monoisotopic (exact) mass is 350 g/mol. The summed E-state index contributed by atoms with van der Waals surface area (Å²) < 4.78 is 26.9. The lowest BCUT2D eigenvalue weighted by Crippen LogP contribution is -2.38. The van der Waals surface area contributed by atoms with E-state index in [-0.39, 0.29) is 10.8 Å². The first-order valence-electron chi connectivity index (χ1n) is 8.95. The van der Waals surface area contributed by atoms with Crippen molar-refractivity contribution in [1.82, 2.24) is 9.21 Å². The van der Waals surface area contributed by atoms with Gasteiger partial charge in [-0.05, 0) is 50.8 Å². The zero-order valence-electron chi connectivity index (χ0n) is 14.3. The molecule has 1 heterocycles. The fourth-order valence-electron chi connectivity index (χ4n) is 3.82. The molecule has 0 bridgehead atoms. The molecular formula is C18H26N2O3S. The van der Waals surface area contributed by atoms with Crippen molar-refractivity contribution in [2.24, 2.45) is 0 Å². The summed E-state index contributed by atoms with van der Waals surface area (Å²) in [4.78, 5) is 15.0. The molecule has 0 N–H and O–H groups in total. The highest BCUT2D eigenvalue weighted by atomic mass is 32.2. The van der Waals surface area contributed by atoms with Gasteiger partial charge in [-0.15, -0.1) is 0 Å². The summed E-state index contributed by atoms with van der Waals surface area (Å²) in [6.07, 6.45) is 6.23. The SMILES string of the molecule is CCN(C(=O)c1cccc(S(=O)(=O)N2CCCC2)c1)C1CCCC1. The predicted octanol–water partition coefficient (Wildman–Crippen LogP) is 2.88. The van der Waals surface area contributed by atoms with Crippen LogP contribution in [0.2, 0.25) is 0 Å². The Labute approximate surface area is 144 Å². The molecule has 5 nitrogen and oxygen atoms in total. The van der Waals surface area contributed by atoms with Crippen LogP contribution in [0.1, 0.15) is 55.8 Å². The second kappa shape index (κ2) is 7.23. The van der Waals surface area contributed by atoms with Crippen molar-refractivity contribution in [2.45, 2.75) is 56.4 Å². The number of rotatable bonds is 5. The fraction of sp³-hybridized carbons (Fsp3) is 0.611. The number of hydrogen-bond acceptors (Lipinski definition) is 3. The van der Waals surface area contributed by atoms with Gasteiger partial charge >= 0.3 is 0 Å². The summed E-state index contributed by atoms with van der Waals surface area (Å²) in [6, 6.07) is 6.84. The van der Waals surface area contributed by atoms with Crippen molar-refractivity contribution in [1.29, 1.82) is 0 Å². The quantitative estimate of drug-likeness (QED) is 0.820. The van der Waals surface area contributed by atoms with Crippen molar-refractivity contribution in [3.05, 3.63) is 29.8 Å². The van der Waals surface area contributed by atoms with Crippen LogP contribution in [-0.4, -0.2) is 49.2 Å². The van der Waals surface area contributed by atoms with Gasteiger partial charge in [-0.2, -0.15) is 4.31 Å². The average molecular weight is 350 g/mol. The maximum Gasteiger partial charge on any atom is 0.254 e. The number of benzene rings is 1. The molecule has 2 fully saturated rings. The molecule has 1 saturated heterocycles. The van der Waals surface area contributed by atoms with Crippen molar-refractivity contribution in [2.75, 3.05) is 19.6 Å². The van der Waals surface area contributed by atoms with Crippen LogP contribution in [0.15, 0.2) is 29.2 Å². The van der Waals surface area contributed by atoms with E-state index in [4.69, 9.17) is 0 Å². The molecule has 0 atom stereocenters. The van der Waals surface area contributed by atoms with Crippen LogP contribution in [0.25, 0.3) is 0 Å². The molecular weight excluding hydrogens is 324 g/mol. The Hall–Kier alpha value is -1.40. The summed E-state index contributed by atoms with van der Waals surface area (Å²) in [5.74, 6) is -0.0529. The largest absolute Gasteiger partial charge is 0.336 e. The molecule has 1 aliphatic heterocycles. The van der Waals surface area contributed by atoms with Crippen LogP contribution >= 0.6 is 0 Å². The molecule has 2 aliphatic rings. The van der Waals surface area contributed by atoms with Crippen LogP contribution in [0.3, 0.4) is 0 Å². The maximum absolute atomic E-state index is 12.9. The molecule has 0 spiro atoms. The average Bonchev–Trinajstić information content (AvgIpc) is 3.29. The molecule has 132 valence electrons. The number of carbonyl (C=O) groups excluding carboxylic acids is 1. The first kappa shape index (κ1) is 17.4. The fourth-order valence-corrected chi connectivity index (χ4v) is 5.38. The van der Waals surface area contributed by atoms with Crippen LogP contribution < -0.4 is 0 Å². The Morgan fingerprint density at radius 2 is 1.83 bits per heavy atom. The van der Waals surface area contributed by atoms with E-state index in [0.717, 1.165) is 38.5 Å². The lowest BCUT2D eigenvalue weighted by molar-refractivity contribution is 0.0693. The van der Waals surface area contributed by atoms with Gasteiger partial charge in [0.1, 0.15) is 0 Å². The normalized spacial score (nSPS) is 19.7. The third kappa shape index (κ3) is 3.35. The topological polar surface area (TPSA) is 57.7 Å². The predicted molar refractivity (Wildman–Crippen MR) is 93.4 cm³/mol. The minimum absolute atomic E-state index is 0.0529. The maximum atomic E-state index is 12.9. The van der Waals surface area contributed by atoms with Gasteiger partial charge in [-0.1, -0.05) is 18.9 Å². The molecule has 1 aromatic carbocycles. The van der Waals surface area contributed by atoms with Crippen LogP contribution in [-0.2, 0) is 10.0 Å². The van der Waals surface area contributed by atoms with E-state index in [1.807, 2.05) is 11.8 Å². The summed E-state index contributed by atoms with van der Waals surface area (Å²) in [5, 5.41) is 0. The van der Waals surface area contributed by atoms with Crippen LogP contribution in [0.4, 0.5) is 0 Å². The van der Waals surface area contributed by atoms with Gasteiger partial charge in [0.05, 0.1) is 4.90 Å². The van der Waals surface area contributed by atoms with Gasteiger partial charge in [0.15, 0.2) is 0 Å². The minimum atomic E-state index is -3.48. The standard InChI is InChI=1S/C18H26N2O3S/c1-2-20(16-9-3-4-10-16)18(21)15-8-7-11-17(14-15)24(22,23)19-12-5-6-13-19/h7-8,11,14,16H,2-6,9-10,12-13H2,1H3. The van der Waals surface area contributed by atoms with Gasteiger partial charge in [0.25, 0.3) is 5.91 Å². The zero-order valence-corrected chi connectivity index (χ0v) is 15.1. The number of carbonyl (C=O) groups is 1. The molecule has 24 heavy (non-hydrogen) atoms. The van der Waals surface area contributed by atoms with Gasteiger partial charge < -0.3 is 4.90 Å². The first-order valence-corrected chi connectivity index (χ1v) is 10.4. The first-order chi connectivity index (χ1) is 11.5. The summed E-state index contributed by atoms with van der Waals surface area (Å²) in [5.41, 5.74) is 0.476. The van der Waals surface area contributed by atoms with Gasteiger partial charge in [0, 0.05) is 31.2 Å². The van der Waals surface area contributed by atoms with E-state index < -0.39 is 10.0 Å². The minimum Gasteiger partial charge on any atom is -0.336 e. The molecule has 6 heteroatoms. The molecule has 1 aliphatic carbocycles. The zero-order chi connectivity index (χ0) is 17.2. The van der Waals surface area contributed by atoms with E-state index in [1.165, 1.54) is 4.31 Å². The van der Waals surface area contributed by atoms with Crippen molar-refractivity contribution < 1.29 is 13.2 Å². The Balaban J connectivity index is 1.85. The number of hydrogen-bond donors (Lipinski definition) is 0. The highest BCUT2D eigenvalue weighted by molar-refractivity contribution is 7.89. The summed E-state index contributed by atoms with van der Waals surface area (Å²) >= 11 is 0. The molecule has 1 amide bonds. The summed E-state index contributed by atoms with van der Waals surface area (Å²) in [7, 11) is -3.48. The highest BCUT2D eigenvalue weighted by Crippen LogP contribution is 2.26. The van der Waals surface area contributed by atoms with E-state index in [0.29, 0.717) is 31.2 Å². The summed E-state index contributed by atoms with van der Waals surface area (Å²) in [6.45, 7) is 3.79. The van der Waals surface area contributed by atoms with E-state index >= 15 is 0 Å². The van der Waals surface area contributed by atoms with E-state index in [9.17, 15) is 13.2 Å². The van der Waals surface area contributed by atoms with E-state index in [2.05, 4.69) is 0 Å². The molecule has 1 saturated carbocycles. The molecule has 1 aromatic rings.